The quantitative estimate of drug-likeness (QED) is 0.838. The SMILES string of the molecule is CN1CCN(c2cc(N3CCN(C)CC3)c3ccccc3n2)CC1. The van der Waals surface area contributed by atoms with E-state index in [2.05, 4.69) is 64.0 Å². The number of para-hydroxylation sites is 1. The Morgan fingerprint density at radius 1 is 0.750 bits per heavy atom. The van der Waals surface area contributed by atoms with Crippen molar-refractivity contribution in [3.63, 3.8) is 0 Å². The number of aromatic nitrogens is 1. The maximum atomic E-state index is 4.96. The molecule has 2 aliphatic heterocycles. The van der Waals surface area contributed by atoms with Gasteiger partial charge in [0.2, 0.25) is 0 Å². The number of fused-ring (bicyclic) bond motifs is 1. The molecule has 0 saturated carbocycles. The first-order chi connectivity index (χ1) is 11.7. The third-order valence-electron chi connectivity index (χ3n) is 5.35. The summed E-state index contributed by atoms with van der Waals surface area (Å²) in [5, 5.41) is 1.28. The van der Waals surface area contributed by atoms with Gasteiger partial charge in [0.05, 0.1) is 5.52 Å². The molecule has 3 heterocycles. The van der Waals surface area contributed by atoms with Crippen LogP contribution in [0, 0.1) is 0 Å². The van der Waals surface area contributed by atoms with E-state index in [1.54, 1.807) is 0 Å². The summed E-state index contributed by atoms with van der Waals surface area (Å²) in [6, 6.07) is 10.9. The van der Waals surface area contributed by atoms with E-state index in [0.717, 1.165) is 63.7 Å². The molecule has 2 aliphatic rings. The third-order valence-corrected chi connectivity index (χ3v) is 5.35. The van der Waals surface area contributed by atoms with Crippen molar-refractivity contribution in [1.82, 2.24) is 14.8 Å². The second-order valence-electron chi connectivity index (χ2n) is 7.10. The predicted molar refractivity (Wildman–Crippen MR) is 101 cm³/mol. The number of nitrogens with zero attached hydrogens (tertiary/aromatic N) is 5. The molecule has 24 heavy (non-hydrogen) atoms. The highest BCUT2D eigenvalue weighted by atomic mass is 15.3. The average molecular weight is 325 g/mol. The van der Waals surface area contributed by atoms with Gasteiger partial charge in [0.25, 0.3) is 0 Å². The molecule has 0 atom stereocenters. The van der Waals surface area contributed by atoms with Gasteiger partial charge in [0, 0.05) is 69.5 Å². The number of pyridine rings is 1. The normalized spacial score (nSPS) is 20.8. The summed E-state index contributed by atoms with van der Waals surface area (Å²) in [7, 11) is 4.40. The van der Waals surface area contributed by atoms with Crippen LogP contribution < -0.4 is 9.80 Å². The molecular formula is C19H27N5. The van der Waals surface area contributed by atoms with Crippen LogP contribution in [-0.2, 0) is 0 Å². The lowest BCUT2D eigenvalue weighted by molar-refractivity contribution is 0.311. The fourth-order valence-corrected chi connectivity index (χ4v) is 3.65. The Bertz CT molecular complexity index is 700. The molecule has 0 unspecified atom stereocenters. The van der Waals surface area contributed by atoms with Crippen molar-refractivity contribution in [2.45, 2.75) is 0 Å². The number of hydrogen-bond donors (Lipinski definition) is 0. The fourth-order valence-electron chi connectivity index (χ4n) is 3.65. The lowest BCUT2D eigenvalue weighted by Crippen LogP contribution is -2.45. The van der Waals surface area contributed by atoms with E-state index < -0.39 is 0 Å². The van der Waals surface area contributed by atoms with E-state index >= 15 is 0 Å². The second kappa shape index (κ2) is 6.57. The number of hydrogen-bond acceptors (Lipinski definition) is 5. The number of likely N-dealkylation sites (N-methyl/N-ethyl adjacent to an activating group) is 2. The first kappa shape index (κ1) is 15.7. The lowest BCUT2D eigenvalue weighted by atomic mass is 10.1. The minimum absolute atomic E-state index is 1.06. The van der Waals surface area contributed by atoms with Gasteiger partial charge in [-0.25, -0.2) is 4.98 Å². The molecule has 2 aromatic rings. The van der Waals surface area contributed by atoms with E-state index in [-0.39, 0.29) is 0 Å². The van der Waals surface area contributed by atoms with Gasteiger partial charge in [-0.2, -0.15) is 0 Å². The zero-order chi connectivity index (χ0) is 16.5. The number of benzene rings is 1. The predicted octanol–water partition coefficient (Wildman–Crippen LogP) is 1.74. The Labute approximate surface area is 144 Å². The molecule has 2 fully saturated rings. The lowest BCUT2D eigenvalue weighted by Gasteiger charge is -2.36. The molecular weight excluding hydrogens is 298 g/mol. The standard InChI is InChI=1S/C19H27N5/c1-21-7-11-23(12-8-21)18-15-19(24-13-9-22(2)10-14-24)20-17-6-4-3-5-16(17)18/h3-6,15H,7-14H2,1-2H3. The van der Waals surface area contributed by atoms with E-state index in [1.807, 2.05) is 0 Å². The van der Waals surface area contributed by atoms with Crippen LogP contribution in [0.15, 0.2) is 30.3 Å². The summed E-state index contributed by atoms with van der Waals surface area (Å²) in [5.74, 6) is 1.13. The molecule has 0 radical (unpaired) electrons. The Balaban J connectivity index is 1.71. The van der Waals surface area contributed by atoms with E-state index in [9.17, 15) is 0 Å². The van der Waals surface area contributed by atoms with Crippen molar-refractivity contribution in [3.05, 3.63) is 30.3 Å². The van der Waals surface area contributed by atoms with Crippen LogP contribution >= 0.6 is 0 Å². The smallest absolute Gasteiger partial charge is 0.131 e. The van der Waals surface area contributed by atoms with Gasteiger partial charge in [0.1, 0.15) is 5.82 Å². The van der Waals surface area contributed by atoms with Gasteiger partial charge in [-0.1, -0.05) is 18.2 Å². The van der Waals surface area contributed by atoms with Crippen LogP contribution in [0.5, 0.6) is 0 Å². The molecule has 1 aromatic carbocycles. The minimum atomic E-state index is 1.06. The van der Waals surface area contributed by atoms with Crippen molar-refractivity contribution in [1.29, 1.82) is 0 Å². The molecule has 1 aromatic heterocycles. The molecule has 5 heteroatoms. The van der Waals surface area contributed by atoms with Gasteiger partial charge in [0.15, 0.2) is 0 Å². The molecule has 4 rings (SSSR count). The number of piperazine rings is 2. The molecule has 0 amide bonds. The van der Waals surface area contributed by atoms with Crippen molar-refractivity contribution in [2.24, 2.45) is 0 Å². The summed E-state index contributed by atoms with van der Waals surface area (Å²) in [6.07, 6.45) is 0. The minimum Gasteiger partial charge on any atom is -0.368 e. The van der Waals surface area contributed by atoms with Gasteiger partial charge < -0.3 is 19.6 Å². The Hall–Kier alpha value is -1.85. The van der Waals surface area contributed by atoms with E-state index in [4.69, 9.17) is 4.98 Å². The summed E-state index contributed by atoms with van der Waals surface area (Å²) >= 11 is 0. The van der Waals surface area contributed by atoms with Crippen molar-refractivity contribution in [2.75, 3.05) is 76.3 Å². The molecule has 0 spiro atoms. The summed E-state index contributed by atoms with van der Waals surface area (Å²) in [4.78, 5) is 14.7. The second-order valence-corrected chi connectivity index (χ2v) is 7.10. The molecule has 2 saturated heterocycles. The fraction of sp³-hybridized carbons (Fsp3) is 0.526. The summed E-state index contributed by atoms with van der Waals surface area (Å²) in [6.45, 7) is 8.77. The largest absolute Gasteiger partial charge is 0.368 e. The third kappa shape index (κ3) is 3.06. The first-order valence-electron chi connectivity index (χ1n) is 8.97. The summed E-state index contributed by atoms with van der Waals surface area (Å²) < 4.78 is 0. The van der Waals surface area contributed by atoms with Crippen molar-refractivity contribution < 1.29 is 0 Å². The molecule has 128 valence electrons. The average Bonchev–Trinajstić information content (AvgIpc) is 2.62. The van der Waals surface area contributed by atoms with Crippen LogP contribution in [-0.4, -0.2) is 81.2 Å². The monoisotopic (exact) mass is 325 g/mol. The summed E-state index contributed by atoms with van der Waals surface area (Å²) in [5.41, 5.74) is 2.46. The van der Waals surface area contributed by atoms with Crippen molar-refractivity contribution >= 4 is 22.4 Å². The Morgan fingerprint density at radius 3 is 2.00 bits per heavy atom. The highest BCUT2D eigenvalue weighted by Gasteiger charge is 2.21. The van der Waals surface area contributed by atoms with Gasteiger partial charge >= 0.3 is 0 Å². The molecule has 5 nitrogen and oxygen atoms in total. The number of rotatable bonds is 2. The Morgan fingerprint density at radius 2 is 1.33 bits per heavy atom. The Kier molecular flexibility index (Phi) is 4.29. The molecule has 0 N–H and O–H groups in total. The molecule has 0 aliphatic carbocycles. The number of anilines is 2. The van der Waals surface area contributed by atoms with Crippen molar-refractivity contribution in [3.8, 4) is 0 Å². The highest BCUT2D eigenvalue weighted by molar-refractivity contribution is 5.93. The highest BCUT2D eigenvalue weighted by Crippen LogP contribution is 2.31. The zero-order valence-corrected chi connectivity index (χ0v) is 14.8. The van der Waals surface area contributed by atoms with Crippen LogP contribution in [0.1, 0.15) is 0 Å². The maximum Gasteiger partial charge on any atom is 0.131 e. The van der Waals surface area contributed by atoms with Crippen LogP contribution in [0.25, 0.3) is 10.9 Å². The van der Waals surface area contributed by atoms with E-state index in [1.165, 1.54) is 11.1 Å². The van der Waals surface area contributed by atoms with Gasteiger partial charge in [-0.15, -0.1) is 0 Å². The van der Waals surface area contributed by atoms with Gasteiger partial charge in [-0.05, 0) is 20.2 Å². The van der Waals surface area contributed by atoms with Gasteiger partial charge in [-0.3, -0.25) is 0 Å². The van der Waals surface area contributed by atoms with Crippen LogP contribution in [0.2, 0.25) is 0 Å². The molecule has 0 bridgehead atoms. The topological polar surface area (TPSA) is 25.9 Å². The van der Waals surface area contributed by atoms with Crippen LogP contribution in [0.4, 0.5) is 11.5 Å². The maximum absolute atomic E-state index is 4.96. The zero-order valence-electron chi connectivity index (χ0n) is 14.8. The van der Waals surface area contributed by atoms with Crippen LogP contribution in [0.3, 0.4) is 0 Å². The first-order valence-corrected chi connectivity index (χ1v) is 8.97. The van der Waals surface area contributed by atoms with E-state index in [0.29, 0.717) is 0 Å².